The molecule has 4 aliphatic heterocycles. The number of hydrogen-bond acceptors (Lipinski definition) is 22. The number of thioether (sulfide) groups is 4. The number of β-lactam (4-membered cyclic amide) rings is 2. The van der Waals surface area contributed by atoms with Crippen LogP contribution in [0.2, 0.25) is 0 Å². The molecule has 0 aromatic carbocycles. The molecule has 68 heavy (non-hydrogen) atoms. The van der Waals surface area contributed by atoms with Crippen LogP contribution in [0, 0.1) is 0 Å². The number of fused-ring (bicyclic) bond motifs is 2. The molecule has 4 aromatic heterocycles. The number of nitrogens with zero attached hydrogens (tertiary/aromatic N) is 12. The van der Waals surface area contributed by atoms with Crippen LogP contribution in [0.25, 0.3) is 0 Å². The molecule has 2 fully saturated rings. The largest absolute Gasteiger partial charge is 0.477 e. The highest BCUT2D eigenvalue weighted by Gasteiger charge is 2.56. The van der Waals surface area contributed by atoms with Gasteiger partial charge in [-0.25, -0.2) is 34.1 Å². The smallest absolute Gasteiger partial charge is 0.352 e. The van der Waals surface area contributed by atoms with E-state index in [-0.39, 0.29) is 49.1 Å². The molecule has 12 N–H and O–H groups in total. The molecule has 2 saturated heterocycles. The van der Waals surface area contributed by atoms with Crippen LogP contribution in [0.3, 0.4) is 0 Å². The van der Waals surface area contributed by atoms with E-state index in [9.17, 15) is 48.6 Å². The Labute approximate surface area is 402 Å². The van der Waals surface area contributed by atoms with Crippen LogP contribution in [0.1, 0.15) is 17.7 Å². The van der Waals surface area contributed by atoms with Gasteiger partial charge in [-0.05, 0) is 66.7 Å². The summed E-state index contributed by atoms with van der Waals surface area (Å²) in [5.41, 5.74) is 10.9. The highest BCUT2D eigenvalue weighted by molar-refractivity contribution is 8.01. The summed E-state index contributed by atoms with van der Waals surface area (Å²) in [5, 5.41) is 68.2. The van der Waals surface area contributed by atoms with Gasteiger partial charge in [0, 0.05) is 40.0 Å². The summed E-state index contributed by atoms with van der Waals surface area (Å²) in [6.45, 7) is 0.176. The fourth-order valence-corrected chi connectivity index (χ4v) is 12.9. The summed E-state index contributed by atoms with van der Waals surface area (Å²) in [4.78, 5) is 100. The molecule has 360 valence electrons. The van der Waals surface area contributed by atoms with Crippen molar-refractivity contribution >= 4 is 106 Å². The van der Waals surface area contributed by atoms with Crippen molar-refractivity contribution in [2.24, 2.45) is 11.5 Å². The predicted octanol–water partition coefficient (Wildman–Crippen LogP) is -3.09. The molecular formula is C33H38N20O10S5. The van der Waals surface area contributed by atoms with Crippen LogP contribution in [-0.4, -0.2) is 187 Å². The first kappa shape index (κ1) is 49.1. The average molecular weight is 1040 g/mol. The zero-order valence-corrected chi connectivity index (χ0v) is 38.7. The molecular weight excluding hydrogens is 997 g/mol. The third-order valence-electron chi connectivity index (χ3n) is 9.99. The van der Waals surface area contributed by atoms with E-state index in [4.69, 9.17) is 11.5 Å². The number of thiophene rings is 1. The second kappa shape index (κ2) is 22.3. The first-order chi connectivity index (χ1) is 32.7. The number of nitrogens with two attached hydrogens (primary N) is 2. The number of aromatic nitrogens is 12. The minimum absolute atomic E-state index is 0.124. The van der Waals surface area contributed by atoms with Crippen molar-refractivity contribution in [3.63, 3.8) is 0 Å². The molecule has 0 aliphatic carbocycles. The van der Waals surface area contributed by atoms with Gasteiger partial charge in [-0.2, -0.15) is 0 Å². The number of carboxylic acid groups (broad SMARTS) is 2. The number of primary amides is 2. The Morgan fingerprint density at radius 1 is 0.779 bits per heavy atom. The van der Waals surface area contributed by atoms with Gasteiger partial charge in [0.15, 0.2) is 0 Å². The topological polar surface area (TPSA) is 436 Å². The van der Waals surface area contributed by atoms with Crippen molar-refractivity contribution in [2.45, 2.75) is 69.5 Å². The number of aromatic amines is 2. The summed E-state index contributed by atoms with van der Waals surface area (Å²) in [6, 6.07) is 0.582. The highest BCUT2D eigenvalue weighted by atomic mass is 32.2. The van der Waals surface area contributed by atoms with Crippen molar-refractivity contribution < 1.29 is 48.6 Å². The normalized spacial score (nSPS) is 20.4. The van der Waals surface area contributed by atoms with Crippen molar-refractivity contribution in [3.05, 3.63) is 51.3 Å². The molecule has 0 bridgehead atoms. The SMILES string of the molecule is NC(=O)NCCC(Sc1nnn[nH]1)C1=C(C(=O)O)N2C(=O)C(NC(=O)Cc3cccs3)[C@@H]2SC1.NC(=O)NCCC(Sc1nnn[nH]1)C1=C(C(=O)O)N2C(=O)C(NC(=O)Cn3cnnn3)[C@@H]2SC1. The van der Waals surface area contributed by atoms with E-state index in [1.807, 2.05) is 17.5 Å². The van der Waals surface area contributed by atoms with E-state index in [0.717, 1.165) is 4.88 Å². The zero-order chi connectivity index (χ0) is 48.5. The van der Waals surface area contributed by atoms with Gasteiger partial charge < -0.3 is 42.9 Å². The number of H-pyrrole nitrogens is 2. The average Bonchev–Trinajstić information content (AvgIpc) is 4.17. The maximum absolute atomic E-state index is 12.9. The Hall–Kier alpha value is -6.85. The first-order valence-corrected chi connectivity index (χ1v) is 24.4. The first-order valence-electron chi connectivity index (χ1n) is 19.7. The molecule has 0 radical (unpaired) electrons. The monoisotopic (exact) mass is 1030 g/mol. The number of carboxylic acids is 2. The lowest BCUT2D eigenvalue weighted by Gasteiger charge is -2.50. The van der Waals surface area contributed by atoms with Crippen molar-refractivity contribution in [1.82, 2.24) is 92.5 Å². The number of hydrogen-bond donors (Lipinski definition) is 10. The number of carbonyl (C=O) groups is 8. The van der Waals surface area contributed by atoms with Crippen LogP contribution in [0.5, 0.6) is 0 Å². The molecule has 4 aliphatic rings. The van der Waals surface area contributed by atoms with Gasteiger partial charge in [-0.1, -0.05) is 29.6 Å². The van der Waals surface area contributed by atoms with Crippen LogP contribution in [-0.2, 0) is 41.7 Å². The molecule has 8 amide bonds. The van der Waals surface area contributed by atoms with Crippen LogP contribution in [0.4, 0.5) is 9.59 Å². The highest BCUT2D eigenvalue weighted by Crippen LogP contribution is 2.45. The number of amides is 8. The standard InChI is InChI=1S/C18H20N8O5S3.C15H18N12O5S2/c19-17(31)20-4-3-10(34-18-22-24-25-23-18)9-7-33-15-12(14(28)26(15)13(9)16(29)30)21-11(27)6-8-2-1-5-32-8;16-14(32)17-2-1-7(34-15-20-23-24-21-15)6-4-33-12-9(11(29)27(12)10(6)13(30)31)19-8(28)3-26-5-18-22-25-26/h1-2,5,10,12,15H,3-4,6-7H2,(H,21,27)(H,29,30)(H3,19,20,31)(H,22,23,24,25);5,7,9,12H,1-4H2,(H,19,28)(H,30,31)(H3,16,17,32)(H,20,21,23,24)/t10?,12?,15-;7?,9?,12-/m00/s1. The van der Waals surface area contributed by atoms with Gasteiger partial charge in [-0.3, -0.25) is 29.0 Å². The second-order valence-corrected chi connectivity index (χ2v) is 19.9. The molecule has 4 unspecified atom stereocenters. The number of rotatable bonds is 20. The van der Waals surface area contributed by atoms with Crippen LogP contribution < -0.4 is 32.7 Å². The molecule has 8 rings (SSSR count). The van der Waals surface area contributed by atoms with Gasteiger partial charge in [0.05, 0.1) is 6.42 Å². The summed E-state index contributed by atoms with van der Waals surface area (Å²) in [7, 11) is 0. The van der Waals surface area contributed by atoms with E-state index in [1.54, 1.807) is 0 Å². The number of nitrogens with one attached hydrogen (secondary N) is 6. The lowest BCUT2D eigenvalue weighted by Crippen LogP contribution is -2.71. The molecule has 6 atom stereocenters. The second-order valence-electron chi connectivity index (χ2n) is 14.3. The Bertz CT molecular complexity index is 2390. The molecule has 0 spiro atoms. The van der Waals surface area contributed by atoms with Crippen molar-refractivity contribution in [1.29, 1.82) is 0 Å². The number of tetrazole rings is 3. The molecule has 35 heteroatoms. The fourth-order valence-electron chi connectivity index (χ4n) is 7.13. The summed E-state index contributed by atoms with van der Waals surface area (Å²) >= 11 is 6.50. The van der Waals surface area contributed by atoms with Gasteiger partial charge in [0.2, 0.25) is 22.1 Å². The van der Waals surface area contributed by atoms with E-state index >= 15 is 0 Å². The Balaban J connectivity index is 0.000000201. The minimum atomic E-state index is -1.28. The number of carbonyl (C=O) groups excluding carboxylic acids is 6. The van der Waals surface area contributed by atoms with E-state index < -0.39 is 75.1 Å². The summed E-state index contributed by atoms with van der Waals surface area (Å²) < 4.78 is 1.20. The van der Waals surface area contributed by atoms with Gasteiger partial charge in [0.25, 0.3) is 11.8 Å². The Kier molecular flexibility index (Phi) is 16.1. The third-order valence-corrected chi connectivity index (χ3v) is 15.9. The molecule has 0 saturated carbocycles. The predicted molar refractivity (Wildman–Crippen MR) is 237 cm³/mol. The molecule has 30 nitrogen and oxygen atoms in total. The van der Waals surface area contributed by atoms with Crippen LogP contribution in [0.15, 0.2) is 56.7 Å². The quantitative estimate of drug-likeness (QED) is 0.0310. The molecule has 4 aromatic rings. The summed E-state index contributed by atoms with van der Waals surface area (Å²) in [6.07, 6.45) is 2.05. The maximum atomic E-state index is 12.9. The van der Waals surface area contributed by atoms with Crippen molar-refractivity contribution in [3.8, 4) is 0 Å². The van der Waals surface area contributed by atoms with E-state index in [0.29, 0.717) is 40.1 Å². The number of urea groups is 2. The number of aliphatic carboxylic acids is 2. The maximum Gasteiger partial charge on any atom is 0.352 e. The zero-order valence-electron chi connectivity index (χ0n) is 34.7. The van der Waals surface area contributed by atoms with Gasteiger partial charge in [-0.15, -0.1) is 50.2 Å². The van der Waals surface area contributed by atoms with Gasteiger partial charge in [0.1, 0.15) is 47.1 Å². The third kappa shape index (κ3) is 11.6. The minimum Gasteiger partial charge on any atom is -0.477 e. The lowest BCUT2D eigenvalue weighted by atomic mass is 10.00. The Morgan fingerprint density at radius 2 is 1.29 bits per heavy atom. The fraction of sp³-hybridized carbons (Fsp3) is 0.424. The summed E-state index contributed by atoms with van der Waals surface area (Å²) in [5.74, 6) is -3.76. The lowest BCUT2D eigenvalue weighted by molar-refractivity contribution is -0.150. The van der Waals surface area contributed by atoms with Crippen LogP contribution >= 0.6 is 58.4 Å². The molecule has 8 heterocycles. The van der Waals surface area contributed by atoms with E-state index in [1.165, 1.54) is 79.2 Å². The van der Waals surface area contributed by atoms with Gasteiger partial charge >= 0.3 is 24.0 Å². The van der Waals surface area contributed by atoms with E-state index in [2.05, 4.69) is 78.0 Å². The van der Waals surface area contributed by atoms with Crippen molar-refractivity contribution in [2.75, 3.05) is 24.6 Å². The Morgan fingerprint density at radius 3 is 1.71 bits per heavy atom.